The van der Waals surface area contributed by atoms with Gasteiger partial charge in [-0.1, -0.05) is 53.5 Å². The molecule has 1 fully saturated rings. The fourth-order valence-corrected chi connectivity index (χ4v) is 3.08. The highest BCUT2D eigenvalue weighted by molar-refractivity contribution is 6.30. The molecule has 0 amide bonds. The lowest BCUT2D eigenvalue weighted by Crippen LogP contribution is -2.47. The van der Waals surface area contributed by atoms with Crippen molar-refractivity contribution in [2.45, 2.75) is 31.6 Å². The molecule has 6 heteroatoms. The largest absolute Gasteiger partial charge is 0.301 e. The Bertz CT molecular complexity index is 666. The third kappa shape index (κ3) is 4.15. The van der Waals surface area contributed by atoms with Crippen molar-refractivity contribution in [3.8, 4) is 0 Å². The van der Waals surface area contributed by atoms with E-state index in [1.807, 2.05) is 68.4 Å². The van der Waals surface area contributed by atoms with E-state index in [0.29, 0.717) is 5.02 Å². The number of carbonyl (C=O) groups excluding carboxylic acids is 1. The molecule has 1 saturated heterocycles. The Morgan fingerprint density at radius 2 is 1.62 bits per heavy atom. The molecule has 0 saturated carbocycles. The highest BCUT2D eigenvalue weighted by Crippen LogP contribution is 2.33. The number of nitrogens with zero attached hydrogens (tertiary/aromatic N) is 1. The van der Waals surface area contributed by atoms with Crippen molar-refractivity contribution in [2.75, 3.05) is 0 Å². The quantitative estimate of drug-likeness (QED) is 0.630. The van der Waals surface area contributed by atoms with Gasteiger partial charge < -0.3 is 4.79 Å². The summed E-state index contributed by atoms with van der Waals surface area (Å²) >= 11 is 11.4. The molecule has 2 aromatic carbocycles. The first-order valence-corrected chi connectivity index (χ1v) is 8.36. The summed E-state index contributed by atoms with van der Waals surface area (Å²) in [5, 5.41) is 6.36. The molecule has 2 aromatic rings. The van der Waals surface area contributed by atoms with Crippen LogP contribution in [0, 0.1) is 0 Å². The van der Waals surface area contributed by atoms with Gasteiger partial charge >= 0.3 is 0 Å². The molecule has 4 nitrogen and oxygen atoms in total. The molecule has 0 spiro atoms. The second kappa shape index (κ2) is 8.10. The standard InChI is InChI=1S/C12H16ClN3O.C6H5Cl/c1-8-15-12(2,11(7-17)16(8)14)9-3-5-10(13)6-4-9;7-6-4-2-1-3-5-6/h3-8,11,15H,14H2,1-2H3;1-5H. The van der Waals surface area contributed by atoms with Crippen LogP contribution in [-0.4, -0.2) is 23.5 Å². The Labute approximate surface area is 152 Å². The van der Waals surface area contributed by atoms with Gasteiger partial charge in [0, 0.05) is 10.0 Å². The van der Waals surface area contributed by atoms with Gasteiger partial charge in [0.2, 0.25) is 0 Å². The van der Waals surface area contributed by atoms with E-state index in [2.05, 4.69) is 5.32 Å². The van der Waals surface area contributed by atoms with Crippen molar-refractivity contribution < 1.29 is 4.79 Å². The maximum atomic E-state index is 11.2. The Balaban J connectivity index is 0.000000249. The van der Waals surface area contributed by atoms with Crippen LogP contribution < -0.4 is 11.2 Å². The molecule has 0 radical (unpaired) electrons. The smallest absolute Gasteiger partial charge is 0.140 e. The minimum Gasteiger partial charge on any atom is -0.301 e. The van der Waals surface area contributed by atoms with E-state index in [1.165, 1.54) is 0 Å². The van der Waals surface area contributed by atoms with Crippen LogP contribution in [0.25, 0.3) is 0 Å². The topological polar surface area (TPSA) is 58.4 Å². The highest BCUT2D eigenvalue weighted by atomic mass is 35.5. The number of hydrogen-bond donors (Lipinski definition) is 2. The van der Waals surface area contributed by atoms with E-state index in [4.69, 9.17) is 29.0 Å². The molecule has 0 aromatic heterocycles. The van der Waals surface area contributed by atoms with Crippen LogP contribution in [0.2, 0.25) is 10.0 Å². The van der Waals surface area contributed by atoms with Crippen molar-refractivity contribution in [1.29, 1.82) is 0 Å². The second-order valence-electron chi connectivity index (χ2n) is 5.85. The van der Waals surface area contributed by atoms with Crippen molar-refractivity contribution in [3.05, 3.63) is 70.2 Å². The zero-order valence-corrected chi connectivity index (χ0v) is 15.1. The zero-order valence-electron chi connectivity index (χ0n) is 13.6. The molecule has 0 bridgehead atoms. The fraction of sp³-hybridized carbons (Fsp3) is 0.278. The predicted octanol–water partition coefficient (Wildman–Crippen LogP) is 3.59. The minimum absolute atomic E-state index is 0.0501. The van der Waals surface area contributed by atoms with E-state index in [9.17, 15) is 4.79 Å². The highest BCUT2D eigenvalue weighted by Gasteiger charge is 2.47. The van der Waals surface area contributed by atoms with Gasteiger partial charge in [-0.3, -0.25) is 11.2 Å². The van der Waals surface area contributed by atoms with Crippen LogP contribution >= 0.6 is 23.2 Å². The van der Waals surface area contributed by atoms with Crippen LogP contribution in [0.15, 0.2) is 54.6 Å². The average Bonchev–Trinajstić information content (AvgIpc) is 2.79. The average molecular weight is 366 g/mol. The summed E-state index contributed by atoms with van der Waals surface area (Å²) in [6, 6.07) is 16.5. The summed E-state index contributed by atoms with van der Waals surface area (Å²) in [7, 11) is 0. The maximum absolute atomic E-state index is 11.2. The molecule has 128 valence electrons. The SMILES string of the molecule is CC1NC(C)(c2ccc(Cl)cc2)C(C=O)N1N.Clc1ccccc1. The van der Waals surface area contributed by atoms with E-state index < -0.39 is 11.6 Å². The lowest BCUT2D eigenvalue weighted by Gasteiger charge is -2.29. The fourth-order valence-electron chi connectivity index (χ4n) is 2.80. The molecule has 0 aliphatic carbocycles. The van der Waals surface area contributed by atoms with Crippen LogP contribution in [0.5, 0.6) is 0 Å². The maximum Gasteiger partial charge on any atom is 0.140 e. The molecule has 1 aliphatic rings. The molecule has 1 aliphatic heterocycles. The number of hydrazine groups is 1. The van der Waals surface area contributed by atoms with Gasteiger partial charge in [0.25, 0.3) is 0 Å². The van der Waals surface area contributed by atoms with Gasteiger partial charge in [-0.05, 0) is 43.7 Å². The van der Waals surface area contributed by atoms with Crippen molar-refractivity contribution in [1.82, 2.24) is 10.3 Å². The zero-order chi connectivity index (χ0) is 17.7. The normalized spacial score (nSPS) is 26.5. The first-order valence-electron chi connectivity index (χ1n) is 7.61. The van der Waals surface area contributed by atoms with Gasteiger partial charge in [0.15, 0.2) is 0 Å². The Hall–Kier alpha value is -1.43. The van der Waals surface area contributed by atoms with Crippen molar-refractivity contribution in [2.24, 2.45) is 5.84 Å². The first kappa shape index (κ1) is 18.9. The number of rotatable bonds is 2. The molecule has 3 N–H and O–H groups in total. The van der Waals surface area contributed by atoms with Gasteiger partial charge in [-0.15, -0.1) is 0 Å². The molecule has 3 unspecified atom stereocenters. The number of nitrogens with two attached hydrogens (primary N) is 1. The first-order chi connectivity index (χ1) is 11.4. The molecule has 3 rings (SSSR count). The number of aldehydes is 1. The number of halogens is 2. The number of nitrogens with one attached hydrogen (secondary N) is 1. The number of hydrogen-bond acceptors (Lipinski definition) is 4. The second-order valence-corrected chi connectivity index (χ2v) is 6.73. The molecule has 24 heavy (non-hydrogen) atoms. The molecule has 3 atom stereocenters. The van der Waals surface area contributed by atoms with E-state index in [0.717, 1.165) is 16.9 Å². The van der Waals surface area contributed by atoms with E-state index in [1.54, 1.807) is 5.01 Å². The summed E-state index contributed by atoms with van der Waals surface area (Å²) in [6.45, 7) is 3.90. The number of carbonyl (C=O) groups is 1. The van der Waals surface area contributed by atoms with Crippen LogP contribution in [0.4, 0.5) is 0 Å². The number of benzene rings is 2. The summed E-state index contributed by atoms with van der Waals surface area (Å²) in [5.41, 5.74) is 0.513. The molecule has 1 heterocycles. The van der Waals surface area contributed by atoms with Gasteiger partial charge in [0.1, 0.15) is 12.3 Å². The Kier molecular flexibility index (Phi) is 6.38. The summed E-state index contributed by atoms with van der Waals surface area (Å²) in [5.74, 6) is 5.89. The predicted molar refractivity (Wildman–Crippen MR) is 98.7 cm³/mol. The molecular weight excluding hydrogens is 345 g/mol. The third-order valence-electron chi connectivity index (χ3n) is 4.17. The lowest BCUT2D eigenvalue weighted by molar-refractivity contribution is -0.113. The van der Waals surface area contributed by atoms with Gasteiger partial charge in [0.05, 0.1) is 11.7 Å². The minimum atomic E-state index is -0.486. The van der Waals surface area contributed by atoms with Crippen LogP contribution in [0.1, 0.15) is 19.4 Å². The van der Waals surface area contributed by atoms with Crippen molar-refractivity contribution in [3.63, 3.8) is 0 Å². The van der Waals surface area contributed by atoms with Crippen LogP contribution in [0.3, 0.4) is 0 Å². The van der Waals surface area contributed by atoms with E-state index >= 15 is 0 Å². The Morgan fingerprint density at radius 1 is 1.08 bits per heavy atom. The monoisotopic (exact) mass is 365 g/mol. The third-order valence-corrected chi connectivity index (χ3v) is 4.68. The van der Waals surface area contributed by atoms with Crippen LogP contribution in [-0.2, 0) is 10.3 Å². The van der Waals surface area contributed by atoms with Gasteiger partial charge in [-0.2, -0.15) is 0 Å². The van der Waals surface area contributed by atoms with E-state index in [-0.39, 0.29) is 6.17 Å². The summed E-state index contributed by atoms with van der Waals surface area (Å²) < 4.78 is 0. The lowest BCUT2D eigenvalue weighted by atomic mass is 9.86. The summed E-state index contributed by atoms with van der Waals surface area (Å²) in [4.78, 5) is 11.2. The summed E-state index contributed by atoms with van der Waals surface area (Å²) in [6.07, 6.45) is 0.830. The molecular formula is C18H21Cl2N3O. The van der Waals surface area contributed by atoms with Crippen molar-refractivity contribution >= 4 is 29.5 Å². The Morgan fingerprint density at radius 3 is 2.08 bits per heavy atom. The van der Waals surface area contributed by atoms with Gasteiger partial charge in [-0.25, -0.2) is 5.01 Å².